The molecule has 0 saturated carbocycles. The zero-order valence-corrected chi connectivity index (χ0v) is 15.4. The fourth-order valence-corrected chi connectivity index (χ4v) is 4.11. The van der Waals surface area contributed by atoms with E-state index in [9.17, 15) is 4.79 Å². The molecule has 3 rings (SSSR count). The van der Waals surface area contributed by atoms with Crippen molar-refractivity contribution >= 4 is 5.91 Å². The molecule has 2 fully saturated rings. The molecular weight excluding hydrogens is 316 g/mol. The molecule has 1 amide bonds. The van der Waals surface area contributed by atoms with Crippen LogP contribution in [0.4, 0.5) is 0 Å². The minimum atomic E-state index is -0.272. The summed E-state index contributed by atoms with van der Waals surface area (Å²) in [5, 5.41) is 0. The highest BCUT2D eigenvalue weighted by Crippen LogP contribution is 2.42. The average Bonchev–Trinajstić information content (AvgIpc) is 2.96. The van der Waals surface area contributed by atoms with Crippen molar-refractivity contribution in [2.45, 2.75) is 58.3 Å². The highest BCUT2D eigenvalue weighted by atomic mass is 16.5. The number of hydrogen-bond donors (Lipinski definition) is 1. The lowest BCUT2D eigenvalue weighted by atomic mass is 9.77. The lowest BCUT2D eigenvalue weighted by Gasteiger charge is -2.47. The molecule has 0 bridgehead atoms. The summed E-state index contributed by atoms with van der Waals surface area (Å²) in [6.07, 6.45) is 3.62. The van der Waals surface area contributed by atoms with Gasteiger partial charge in [0.05, 0.1) is 25.2 Å². The third kappa shape index (κ3) is 4.33. The fraction of sp³-hybridized carbons (Fsp3) is 0.650. The Labute approximate surface area is 150 Å². The number of primary amides is 1. The Bertz CT molecular complexity index is 594. The molecule has 5 nitrogen and oxygen atoms in total. The van der Waals surface area contributed by atoms with Crippen LogP contribution >= 0.6 is 0 Å². The molecule has 2 saturated heterocycles. The van der Waals surface area contributed by atoms with Gasteiger partial charge in [-0.1, -0.05) is 32.0 Å². The van der Waals surface area contributed by atoms with Crippen molar-refractivity contribution in [3.63, 3.8) is 0 Å². The molecule has 5 heteroatoms. The monoisotopic (exact) mass is 346 g/mol. The van der Waals surface area contributed by atoms with Gasteiger partial charge in [0.2, 0.25) is 5.91 Å². The summed E-state index contributed by atoms with van der Waals surface area (Å²) >= 11 is 0. The van der Waals surface area contributed by atoms with Crippen LogP contribution in [0.2, 0.25) is 0 Å². The van der Waals surface area contributed by atoms with E-state index in [1.165, 1.54) is 5.56 Å². The number of nitrogens with two attached hydrogens (primary N) is 1. The standard InChI is InChI=1S/C20H30N2O3/c1-3-16(4-2)25-18-8-6-5-7-15(18)11-22-12-20(13-22)10-17(24-14-20)9-19(21)23/h5-8,16-17H,3-4,9-14H2,1-2H3,(H2,21,23). The third-order valence-corrected chi connectivity index (χ3v) is 5.40. The van der Waals surface area contributed by atoms with E-state index in [1.807, 2.05) is 6.07 Å². The van der Waals surface area contributed by atoms with E-state index < -0.39 is 0 Å². The fourth-order valence-electron chi connectivity index (χ4n) is 4.11. The van der Waals surface area contributed by atoms with Crippen LogP contribution in [0, 0.1) is 5.41 Å². The molecule has 0 radical (unpaired) electrons. The molecule has 1 unspecified atom stereocenters. The van der Waals surface area contributed by atoms with E-state index in [-0.39, 0.29) is 23.5 Å². The Morgan fingerprint density at radius 3 is 2.76 bits per heavy atom. The molecule has 1 atom stereocenters. The quantitative estimate of drug-likeness (QED) is 0.786. The number of rotatable bonds is 8. The van der Waals surface area contributed by atoms with Crippen LogP contribution in [0.1, 0.15) is 45.1 Å². The summed E-state index contributed by atoms with van der Waals surface area (Å²) in [6.45, 7) is 8.01. The van der Waals surface area contributed by atoms with Gasteiger partial charge in [-0.3, -0.25) is 9.69 Å². The first-order valence-corrected chi connectivity index (χ1v) is 9.40. The molecule has 1 spiro atoms. The summed E-state index contributed by atoms with van der Waals surface area (Å²) in [5.41, 5.74) is 6.75. The smallest absolute Gasteiger partial charge is 0.220 e. The molecule has 2 N–H and O–H groups in total. The Balaban J connectivity index is 1.54. The van der Waals surface area contributed by atoms with E-state index in [1.54, 1.807) is 0 Å². The number of carbonyl (C=O) groups excluding carboxylic acids is 1. The molecule has 1 aromatic carbocycles. The first kappa shape index (κ1) is 18.2. The molecule has 25 heavy (non-hydrogen) atoms. The number of para-hydroxylation sites is 1. The van der Waals surface area contributed by atoms with Crippen molar-refractivity contribution in [2.24, 2.45) is 11.1 Å². The summed E-state index contributed by atoms with van der Waals surface area (Å²) in [4.78, 5) is 13.5. The van der Waals surface area contributed by atoms with Gasteiger partial charge in [-0.2, -0.15) is 0 Å². The van der Waals surface area contributed by atoms with Gasteiger partial charge in [0.1, 0.15) is 5.75 Å². The van der Waals surface area contributed by atoms with Gasteiger partial charge < -0.3 is 15.2 Å². The maximum Gasteiger partial charge on any atom is 0.220 e. The Morgan fingerprint density at radius 2 is 2.08 bits per heavy atom. The summed E-state index contributed by atoms with van der Waals surface area (Å²) in [5.74, 6) is 0.733. The van der Waals surface area contributed by atoms with E-state index in [0.29, 0.717) is 6.42 Å². The second kappa shape index (κ2) is 7.75. The molecule has 2 aliphatic heterocycles. The van der Waals surface area contributed by atoms with Crippen LogP contribution < -0.4 is 10.5 Å². The minimum Gasteiger partial charge on any atom is -0.490 e. The zero-order valence-electron chi connectivity index (χ0n) is 15.4. The van der Waals surface area contributed by atoms with Crippen molar-refractivity contribution in [1.82, 2.24) is 4.90 Å². The van der Waals surface area contributed by atoms with Crippen LogP contribution in [-0.2, 0) is 16.1 Å². The maximum absolute atomic E-state index is 11.1. The van der Waals surface area contributed by atoms with Crippen LogP contribution in [0.25, 0.3) is 0 Å². The second-order valence-electron chi connectivity index (χ2n) is 7.62. The van der Waals surface area contributed by atoms with Crippen LogP contribution in [-0.4, -0.2) is 42.7 Å². The Morgan fingerprint density at radius 1 is 1.36 bits per heavy atom. The summed E-state index contributed by atoms with van der Waals surface area (Å²) < 4.78 is 12.0. The van der Waals surface area contributed by atoms with Crippen molar-refractivity contribution in [2.75, 3.05) is 19.7 Å². The number of hydrogen-bond acceptors (Lipinski definition) is 4. The normalized spacial score (nSPS) is 22.3. The first-order chi connectivity index (χ1) is 12.0. The van der Waals surface area contributed by atoms with E-state index >= 15 is 0 Å². The summed E-state index contributed by atoms with van der Waals surface area (Å²) in [6, 6.07) is 8.35. The van der Waals surface area contributed by atoms with Gasteiger partial charge >= 0.3 is 0 Å². The molecule has 138 valence electrons. The molecule has 2 aliphatic rings. The van der Waals surface area contributed by atoms with Gasteiger partial charge in [-0.15, -0.1) is 0 Å². The van der Waals surface area contributed by atoms with Gasteiger partial charge in [-0.05, 0) is 25.3 Å². The van der Waals surface area contributed by atoms with Crippen molar-refractivity contribution in [3.8, 4) is 5.75 Å². The number of carbonyl (C=O) groups is 1. The third-order valence-electron chi connectivity index (χ3n) is 5.40. The molecule has 0 aromatic heterocycles. The van der Waals surface area contributed by atoms with Crippen LogP contribution in [0.5, 0.6) is 5.75 Å². The van der Waals surface area contributed by atoms with Crippen LogP contribution in [0.15, 0.2) is 24.3 Å². The van der Waals surface area contributed by atoms with Crippen molar-refractivity contribution in [3.05, 3.63) is 29.8 Å². The highest BCUT2D eigenvalue weighted by Gasteiger charge is 2.49. The zero-order chi connectivity index (χ0) is 17.9. The second-order valence-corrected chi connectivity index (χ2v) is 7.62. The van der Waals surface area contributed by atoms with E-state index in [2.05, 4.69) is 36.9 Å². The van der Waals surface area contributed by atoms with Gasteiger partial charge in [-0.25, -0.2) is 0 Å². The van der Waals surface area contributed by atoms with Crippen molar-refractivity contribution in [1.29, 1.82) is 0 Å². The maximum atomic E-state index is 11.1. The number of ether oxygens (including phenoxy) is 2. The van der Waals surface area contributed by atoms with E-state index in [0.717, 1.165) is 51.3 Å². The Hall–Kier alpha value is -1.59. The summed E-state index contributed by atoms with van der Waals surface area (Å²) in [7, 11) is 0. The largest absolute Gasteiger partial charge is 0.490 e. The SMILES string of the molecule is CCC(CC)Oc1ccccc1CN1CC2(COC(CC(N)=O)C2)C1. The predicted octanol–water partition coefficient (Wildman–Crippen LogP) is 2.72. The topological polar surface area (TPSA) is 64.8 Å². The van der Waals surface area contributed by atoms with Gasteiger partial charge in [0.15, 0.2) is 0 Å². The van der Waals surface area contributed by atoms with Crippen LogP contribution in [0.3, 0.4) is 0 Å². The van der Waals surface area contributed by atoms with Crippen molar-refractivity contribution < 1.29 is 14.3 Å². The minimum absolute atomic E-state index is 0.00476. The lowest BCUT2D eigenvalue weighted by molar-refractivity contribution is -0.120. The lowest BCUT2D eigenvalue weighted by Crippen LogP contribution is -2.56. The number of likely N-dealkylation sites (tertiary alicyclic amines) is 1. The first-order valence-electron chi connectivity index (χ1n) is 9.40. The molecular formula is C20H30N2O3. The van der Waals surface area contributed by atoms with Gasteiger partial charge in [0.25, 0.3) is 0 Å². The molecule has 1 aromatic rings. The van der Waals surface area contributed by atoms with E-state index in [4.69, 9.17) is 15.2 Å². The predicted molar refractivity (Wildman–Crippen MR) is 97.3 cm³/mol. The Kier molecular flexibility index (Phi) is 5.64. The number of amides is 1. The van der Waals surface area contributed by atoms with Gasteiger partial charge in [0, 0.05) is 30.6 Å². The average molecular weight is 346 g/mol. The highest BCUT2D eigenvalue weighted by molar-refractivity contribution is 5.74. The molecule has 0 aliphatic carbocycles. The molecule has 2 heterocycles. The number of nitrogens with zero attached hydrogens (tertiary/aromatic N) is 1. The number of benzene rings is 1.